The molecule has 10 heteroatoms. The van der Waals surface area contributed by atoms with Gasteiger partial charge in [-0.3, -0.25) is 9.59 Å². The Morgan fingerprint density at radius 3 is 2.49 bits per heavy atom. The summed E-state index contributed by atoms with van der Waals surface area (Å²) >= 11 is 0. The zero-order valence-electron chi connectivity index (χ0n) is 19.2. The van der Waals surface area contributed by atoms with Gasteiger partial charge in [0.2, 0.25) is 0 Å². The minimum Gasteiger partial charge on any atom is -0.492 e. The highest BCUT2D eigenvalue weighted by Crippen LogP contribution is 2.45. The Morgan fingerprint density at radius 2 is 1.80 bits per heavy atom. The van der Waals surface area contributed by atoms with Gasteiger partial charge in [-0.2, -0.15) is 0 Å². The van der Waals surface area contributed by atoms with Crippen molar-refractivity contribution in [3.8, 4) is 11.5 Å². The van der Waals surface area contributed by atoms with Crippen LogP contribution < -0.4 is 25.4 Å². The smallest absolute Gasteiger partial charge is 0.404 e. The standard InChI is InChI=1S/C25H27N3O7/c1-26-24(30)17-9-14(23(29)28-21-19-10-33-11-20(19)21)8-16-18(12-35-22(16)17)13-2-4-15(5-3-13)34-7-6-27-25(31)32/h2-5,8-9,18-21,27H,6-7,10-12H2,1H3,(H,26,30)(H,28,29)(H,31,32)/t18?,19-,20+,21?. The zero-order valence-corrected chi connectivity index (χ0v) is 19.2. The molecule has 2 heterocycles. The lowest BCUT2D eigenvalue weighted by Gasteiger charge is -2.14. The van der Waals surface area contributed by atoms with Crippen LogP contribution in [0.25, 0.3) is 0 Å². The third kappa shape index (κ3) is 4.61. The van der Waals surface area contributed by atoms with Crippen LogP contribution >= 0.6 is 0 Å². The van der Waals surface area contributed by atoms with Crippen LogP contribution in [-0.4, -0.2) is 69.1 Å². The second kappa shape index (κ2) is 9.46. The van der Waals surface area contributed by atoms with Crippen molar-refractivity contribution < 1.29 is 33.7 Å². The van der Waals surface area contributed by atoms with Gasteiger partial charge >= 0.3 is 6.09 Å². The van der Waals surface area contributed by atoms with Crippen molar-refractivity contribution in [2.24, 2.45) is 11.8 Å². The molecule has 0 bridgehead atoms. The van der Waals surface area contributed by atoms with Crippen molar-refractivity contribution >= 4 is 17.9 Å². The lowest BCUT2D eigenvalue weighted by molar-refractivity contribution is 0.0928. The van der Waals surface area contributed by atoms with Crippen molar-refractivity contribution in [3.05, 3.63) is 58.7 Å². The maximum absolute atomic E-state index is 13.1. The molecule has 2 aliphatic heterocycles. The molecule has 0 radical (unpaired) electrons. The fraction of sp³-hybridized carbons (Fsp3) is 0.400. The van der Waals surface area contributed by atoms with Crippen LogP contribution in [-0.2, 0) is 4.74 Å². The van der Waals surface area contributed by atoms with E-state index in [0.29, 0.717) is 54.3 Å². The molecule has 1 saturated heterocycles. The van der Waals surface area contributed by atoms with Gasteiger partial charge in [-0.05, 0) is 29.8 Å². The Balaban J connectivity index is 1.35. The van der Waals surface area contributed by atoms with Crippen LogP contribution in [0.5, 0.6) is 11.5 Å². The van der Waals surface area contributed by atoms with E-state index in [2.05, 4.69) is 16.0 Å². The number of carbonyl (C=O) groups is 3. The van der Waals surface area contributed by atoms with E-state index in [1.165, 1.54) is 0 Å². The van der Waals surface area contributed by atoms with Gasteiger partial charge in [0, 0.05) is 42.0 Å². The second-order valence-corrected chi connectivity index (χ2v) is 8.90. The number of carbonyl (C=O) groups excluding carboxylic acids is 2. The number of hydrogen-bond donors (Lipinski definition) is 4. The summed E-state index contributed by atoms with van der Waals surface area (Å²) in [5, 5.41) is 16.6. The molecule has 0 spiro atoms. The van der Waals surface area contributed by atoms with E-state index in [9.17, 15) is 14.4 Å². The first-order valence-electron chi connectivity index (χ1n) is 11.6. The molecule has 10 nitrogen and oxygen atoms in total. The molecule has 2 aromatic rings. The Kier molecular flexibility index (Phi) is 6.21. The fourth-order valence-electron chi connectivity index (χ4n) is 4.85. The first kappa shape index (κ1) is 23.0. The van der Waals surface area contributed by atoms with E-state index in [0.717, 1.165) is 11.1 Å². The van der Waals surface area contributed by atoms with Gasteiger partial charge in [0.1, 0.15) is 18.1 Å². The molecule has 35 heavy (non-hydrogen) atoms. The molecule has 1 saturated carbocycles. The third-order valence-electron chi connectivity index (χ3n) is 6.80. The molecular formula is C25H27N3O7. The summed E-state index contributed by atoms with van der Waals surface area (Å²) in [4.78, 5) is 36.2. The molecule has 2 unspecified atom stereocenters. The molecule has 4 N–H and O–H groups in total. The van der Waals surface area contributed by atoms with Crippen molar-refractivity contribution in [2.75, 3.05) is 40.0 Å². The van der Waals surface area contributed by atoms with Crippen LogP contribution in [0.15, 0.2) is 36.4 Å². The normalized spacial score (nSPS) is 23.5. The molecular weight excluding hydrogens is 454 g/mol. The maximum Gasteiger partial charge on any atom is 0.404 e. The average molecular weight is 482 g/mol. The predicted octanol–water partition coefficient (Wildman–Crippen LogP) is 1.59. The Bertz CT molecular complexity index is 1140. The van der Waals surface area contributed by atoms with E-state index < -0.39 is 6.09 Å². The quantitative estimate of drug-likeness (QED) is 0.421. The first-order valence-corrected chi connectivity index (χ1v) is 11.6. The zero-order chi connectivity index (χ0) is 24.5. The average Bonchev–Trinajstić information content (AvgIpc) is 3.22. The summed E-state index contributed by atoms with van der Waals surface area (Å²) in [5.41, 5.74) is 2.50. The number of amides is 3. The molecule has 0 aromatic heterocycles. The van der Waals surface area contributed by atoms with Crippen molar-refractivity contribution in [1.29, 1.82) is 0 Å². The van der Waals surface area contributed by atoms with Crippen LogP contribution in [0, 0.1) is 11.8 Å². The Morgan fingerprint density at radius 1 is 1.06 bits per heavy atom. The number of fused-ring (bicyclic) bond motifs is 2. The number of hydrogen-bond acceptors (Lipinski definition) is 6. The minimum absolute atomic E-state index is 0.123. The van der Waals surface area contributed by atoms with Crippen LogP contribution in [0.2, 0.25) is 0 Å². The molecule has 184 valence electrons. The largest absolute Gasteiger partial charge is 0.492 e. The van der Waals surface area contributed by atoms with Crippen LogP contribution in [0.1, 0.15) is 37.8 Å². The summed E-state index contributed by atoms with van der Waals surface area (Å²) in [7, 11) is 1.55. The lowest BCUT2D eigenvalue weighted by atomic mass is 9.90. The molecule has 4 atom stereocenters. The molecule has 2 aromatic carbocycles. The van der Waals surface area contributed by atoms with Gasteiger partial charge in [-0.25, -0.2) is 4.79 Å². The fourth-order valence-corrected chi connectivity index (χ4v) is 4.85. The predicted molar refractivity (Wildman–Crippen MR) is 124 cm³/mol. The van der Waals surface area contributed by atoms with Crippen molar-refractivity contribution in [2.45, 2.75) is 12.0 Å². The molecule has 3 amide bonds. The SMILES string of the molecule is CNC(=O)c1cc(C(=O)NC2[C@H]3COC[C@@H]23)cc2c1OCC2c1ccc(OCCNC(=O)O)cc1. The lowest BCUT2D eigenvalue weighted by Crippen LogP contribution is -2.30. The highest BCUT2D eigenvalue weighted by Gasteiger charge is 2.54. The first-order chi connectivity index (χ1) is 17.0. The number of nitrogens with one attached hydrogen (secondary N) is 3. The molecule has 2 fully saturated rings. The highest BCUT2D eigenvalue weighted by molar-refractivity contribution is 6.02. The summed E-state index contributed by atoms with van der Waals surface area (Å²) in [5.74, 6) is 1.18. The maximum atomic E-state index is 13.1. The highest BCUT2D eigenvalue weighted by atomic mass is 16.5. The molecule has 1 aliphatic carbocycles. The molecule has 3 aliphatic rings. The Hall–Kier alpha value is -3.79. The number of ether oxygens (including phenoxy) is 3. The van der Waals surface area contributed by atoms with E-state index in [1.807, 2.05) is 18.2 Å². The van der Waals surface area contributed by atoms with Gasteiger partial charge in [-0.15, -0.1) is 0 Å². The molecule has 5 rings (SSSR count). The van der Waals surface area contributed by atoms with Gasteiger partial charge in [0.05, 0.1) is 31.9 Å². The van der Waals surface area contributed by atoms with E-state index in [1.54, 1.807) is 25.2 Å². The van der Waals surface area contributed by atoms with E-state index in [4.69, 9.17) is 19.3 Å². The van der Waals surface area contributed by atoms with Crippen LogP contribution in [0.4, 0.5) is 4.79 Å². The summed E-state index contributed by atoms with van der Waals surface area (Å²) < 4.78 is 16.9. The Labute approximate surface area is 201 Å². The summed E-state index contributed by atoms with van der Waals surface area (Å²) in [6.45, 7) is 2.09. The second-order valence-electron chi connectivity index (χ2n) is 8.90. The van der Waals surface area contributed by atoms with Gasteiger partial charge in [-0.1, -0.05) is 12.1 Å². The third-order valence-corrected chi connectivity index (χ3v) is 6.80. The van der Waals surface area contributed by atoms with Crippen LogP contribution in [0.3, 0.4) is 0 Å². The summed E-state index contributed by atoms with van der Waals surface area (Å²) in [6, 6.07) is 10.9. The topological polar surface area (TPSA) is 135 Å². The summed E-state index contributed by atoms with van der Waals surface area (Å²) in [6.07, 6.45) is -1.10. The minimum atomic E-state index is -1.10. The van der Waals surface area contributed by atoms with E-state index >= 15 is 0 Å². The number of carboxylic acid groups (broad SMARTS) is 1. The number of benzene rings is 2. The van der Waals surface area contributed by atoms with Gasteiger partial charge < -0.3 is 35.3 Å². The van der Waals surface area contributed by atoms with E-state index in [-0.39, 0.29) is 36.9 Å². The van der Waals surface area contributed by atoms with Crippen molar-refractivity contribution in [3.63, 3.8) is 0 Å². The van der Waals surface area contributed by atoms with Crippen molar-refractivity contribution in [1.82, 2.24) is 16.0 Å². The number of rotatable bonds is 8. The van der Waals surface area contributed by atoms with Gasteiger partial charge in [0.25, 0.3) is 11.8 Å². The van der Waals surface area contributed by atoms with Gasteiger partial charge in [0.15, 0.2) is 0 Å². The monoisotopic (exact) mass is 481 g/mol.